The van der Waals surface area contributed by atoms with Gasteiger partial charge in [-0.15, -0.1) is 0 Å². The van der Waals surface area contributed by atoms with Crippen LogP contribution in [0.25, 0.3) is 0 Å². The number of ether oxygens (including phenoxy) is 1. The normalized spacial score (nSPS) is 29.7. The van der Waals surface area contributed by atoms with E-state index < -0.39 is 0 Å². The maximum Gasteiger partial charge on any atom is 0.0616 e. The summed E-state index contributed by atoms with van der Waals surface area (Å²) in [4.78, 5) is 0. The lowest BCUT2D eigenvalue weighted by Crippen LogP contribution is -2.51. The third-order valence-corrected chi connectivity index (χ3v) is 4.33. The van der Waals surface area contributed by atoms with Gasteiger partial charge in [0.15, 0.2) is 0 Å². The molecule has 1 saturated carbocycles. The molecule has 3 nitrogen and oxygen atoms in total. The molecule has 0 amide bonds. The lowest BCUT2D eigenvalue weighted by atomic mass is 9.85. The molecule has 0 bridgehead atoms. The predicted molar refractivity (Wildman–Crippen MR) is 75.8 cm³/mol. The van der Waals surface area contributed by atoms with Crippen molar-refractivity contribution in [1.82, 2.24) is 5.32 Å². The van der Waals surface area contributed by atoms with Gasteiger partial charge in [0, 0.05) is 12.1 Å². The third-order valence-electron chi connectivity index (χ3n) is 4.33. The van der Waals surface area contributed by atoms with Crippen molar-refractivity contribution in [3.05, 3.63) is 0 Å². The number of aliphatic hydroxyl groups excluding tert-OH is 1. The second-order valence-corrected chi connectivity index (χ2v) is 5.69. The van der Waals surface area contributed by atoms with Gasteiger partial charge in [-0.3, -0.25) is 0 Å². The van der Waals surface area contributed by atoms with Gasteiger partial charge in [0.1, 0.15) is 0 Å². The van der Waals surface area contributed by atoms with Crippen LogP contribution in [0.5, 0.6) is 0 Å². The molecule has 0 heterocycles. The fourth-order valence-electron chi connectivity index (χ4n) is 3.32. The Morgan fingerprint density at radius 2 is 2.22 bits per heavy atom. The highest BCUT2D eigenvalue weighted by Gasteiger charge is 2.41. The van der Waals surface area contributed by atoms with Crippen LogP contribution >= 0.6 is 0 Å². The first-order valence-corrected chi connectivity index (χ1v) is 7.66. The Kier molecular flexibility index (Phi) is 7.20. The molecule has 3 unspecified atom stereocenters. The Morgan fingerprint density at radius 1 is 1.44 bits per heavy atom. The molecule has 0 radical (unpaired) electrons. The second kappa shape index (κ2) is 8.13. The minimum Gasteiger partial charge on any atom is -0.394 e. The van der Waals surface area contributed by atoms with E-state index in [1.54, 1.807) is 0 Å². The van der Waals surface area contributed by atoms with Crippen LogP contribution in [0.2, 0.25) is 0 Å². The van der Waals surface area contributed by atoms with Gasteiger partial charge in [-0.2, -0.15) is 0 Å². The molecule has 0 saturated heterocycles. The van der Waals surface area contributed by atoms with E-state index >= 15 is 0 Å². The molecule has 1 fully saturated rings. The van der Waals surface area contributed by atoms with Crippen LogP contribution in [-0.4, -0.2) is 36.5 Å². The van der Waals surface area contributed by atoms with Crippen molar-refractivity contribution < 1.29 is 9.84 Å². The molecule has 0 aromatic rings. The van der Waals surface area contributed by atoms with Crippen LogP contribution in [-0.2, 0) is 4.74 Å². The number of likely N-dealkylation sites (N-methyl/N-ethyl adjacent to an activating group) is 1. The summed E-state index contributed by atoms with van der Waals surface area (Å²) in [7, 11) is 0. The Balaban J connectivity index is 2.35. The Morgan fingerprint density at radius 3 is 2.83 bits per heavy atom. The summed E-state index contributed by atoms with van der Waals surface area (Å²) >= 11 is 0. The fraction of sp³-hybridized carbons (Fsp3) is 1.00. The summed E-state index contributed by atoms with van der Waals surface area (Å²) in [5.74, 6) is 0.566. The van der Waals surface area contributed by atoms with E-state index in [2.05, 4.69) is 26.1 Å². The molecule has 0 aromatic carbocycles. The van der Waals surface area contributed by atoms with Gasteiger partial charge in [0.05, 0.1) is 12.7 Å². The van der Waals surface area contributed by atoms with Crippen molar-refractivity contribution >= 4 is 0 Å². The molecule has 108 valence electrons. The van der Waals surface area contributed by atoms with Gasteiger partial charge in [-0.25, -0.2) is 0 Å². The van der Waals surface area contributed by atoms with Crippen molar-refractivity contribution in [2.75, 3.05) is 19.8 Å². The fourth-order valence-corrected chi connectivity index (χ4v) is 3.32. The summed E-state index contributed by atoms with van der Waals surface area (Å²) in [6.45, 7) is 8.49. The van der Waals surface area contributed by atoms with Gasteiger partial charge in [-0.05, 0) is 45.1 Å². The molecule has 18 heavy (non-hydrogen) atoms. The summed E-state index contributed by atoms with van der Waals surface area (Å²) in [6, 6.07) is 0. The lowest BCUT2D eigenvalue weighted by Gasteiger charge is -2.35. The van der Waals surface area contributed by atoms with Crippen LogP contribution in [0, 0.1) is 5.92 Å². The number of hydrogen-bond acceptors (Lipinski definition) is 3. The SMILES string of the molecule is CCCC(C)OCCC1CCCC1(CO)NCC. The molecular formula is C15H31NO2. The molecule has 3 atom stereocenters. The Bertz CT molecular complexity index is 223. The topological polar surface area (TPSA) is 41.5 Å². The second-order valence-electron chi connectivity index (χ2n) is 5.69. The van der Waals surface area contributed by atoms with E-state index in [0.29, 0.717) is 12.0 Å². The van der Waals surface area contributed by atoms with Crippen LogP contribution in [0.15, 0.2) is 0 Å². The smallest absolute Gasteiger partial charge is 0.0616 e. The summed E-state index contributed by atoms with van der Waals surface area (Å²) in [5, 5.41) is 13.2. The van der Waals surface area contributed by atoms with Gasteiger partial charge >= 0.3 is 0 Å². The zero-order valence-electron chi connectivity index (χ0n) is 12.4. The van der Waals surface area contributed by atoms with Crippen LogP contribution in [0.4, 0.5) is 0 Å². The van der Waals surface area contributed by atoms with E-state index in [9.17, 15) is 5.11 Å². The quantitative estimate of drug-likeness (QED) is 0.667. The maximum atomic E-state index is 9.71. The number of nitrogens with one attached hydrogen (secondary N) is 1. The highest BCUT2D eigenvalue weighted by atomic mass is 16.5. The van der Waals surface area contributed by atoms with Gasteiger partial charge in [0.2, 0.25) is 0 Å². The van der Waals surface area contributed by atoms with Crippen molar-refractivity contribution in [2.24, 2.45) is 5.92 Å². The van der Waals surface area contributed by atoms with Crippen LogP contribution < -0.4 is 5.32 Å². The number of aliphatic hydroxyl groups is 1. The van der Waals surface area contributed by atoms with Crippen LogP contribution in [0.1, 0.15) is 59.3 Å². The molecule has 2 N–H and O–H groups in total. The molecule has 1 aliphatic carbocycles. The first kappa shape index (κ1) is 15.9. The molecule has 0 aliphatic heterocycles. The van der Waals surface area contributed by atoms with E-state index in [1.165, 1.54) is 19.3 Å². The third kappa shape index (κ3) is 4.22. The lowest BCUT2D eigenvalue weighted by molar-refractivity contribution is 0.0361. The van der Waals surface area contributed by atoms with Gasteiger partial charge < -0.3 is 15.2 Å². The largest absolute Gasteiger partial charge is 0.394 e. The molecular weight excluding hydrogens is 226 g/mol. The average molecular weight is 257 g/mol. The number of rotatable bonds is 9. The van der Waals surface area contributed by atoms with Crippen molar-refractivity contribution in [3.63, 3.8) is 0 Å². The first-order valence-electron chi connectivity index (χ1n) is 7.66. The minimum atomic E-state index is -0.0356. The summed E-state index contributed by atoms with van der Waals surface area (Å²) in [6.07, 6.45) is 7.32. The Labute approximate surface area is 112 Å². The Hall–Kier alpha value is -0.120. The molecule has 0 spiro atoms. The van der Waals surface area contributed by atoms with Gasteiger partial charge in [0.25, 0.3) is 0 Å². The van der Waals surface area contributed by atoms with E-state index in [0.717, 1.165) is 32.4 Å². The molecule has 1 rings (SSSR count). The zero-order valence-corrected chi connectivity index (χ0v) is 12.4. The van der Waals surface area contributed by atoms with Crippen molar-refractivity contribution in [3.8, 4) is 0 Å². The van der Waals surface area contributed by atoms with Crippen molar-refractivity contribution in [1.29, 1.82) is 0 Å². The molecule has 1 aliphatic rings. The molecule has 3 heteroatoms. The predicted octanol–water partition coefficient (Wildman–Crippen LogP) is 2.72. The van der Waals surface area contributed by atoms with Crippen LogP contribution in [0.3, 0.4) is 0 Å². The van der Waals surface area contributed by atoms with E-state index in [-0.39, 0.29) is 12.1 Å². The zero-order chi connectivity index (χ0) is 13.4. The summed E-state index contributed by atoms with van der Waals surface area (Å²) in [5.41, 5.74) is -0.0356. The molecule has 0 aromatic heterocycles. The van der Waals surface area contributed by atoms with E-state index in [4.69, 9.17) is 4.74 Å². The summed E-state index contributed by atoms with van der Waals surface area (Å²) < 4.78 is 5.85. The van der Waals surface area contributed by atoms with Crippen molar-refractivity contribution in [2.45, 2.75) is 70.9 Å². The van der Waals surface area contributed by atoms with E-state index in [1.807, 2.05) is 0 Å². The number of hydrogen-bond donors (Lipinski definition) is 2. The van der Waals surface area contributed by atoms with Gasteiger partial charge in [-0.1, -0.05) is 26.7 Å². The maximum absolute atomic E-state index is 9.71. The minimum absolute atomic E-state index is 0.0356. The first-order chi connectivity index (χ1) is 8.68. The highest BCUT2D eigenvalue weighted by molar-refractivity contribution is 4.98. The average Bonchev–Trinajstić information content (AvgIpc) is 2.74. The highest BCUT2D eigenvalue weighted by Crippen LogP contribution is 2.37. The standard InChI is InChI=1S/C15H31NO2/c1-4-7-13(3)18-11-9-14-8-6-10-15(14,12-17)16-5-2/h13-14,16-17H,4-12H2,1-3H3. The monoisotopic (exact) mass is 257 g/mol.